The Kier molecular flexibility index (Phi) is 9.29. The first-order valence-electron chi connectivity index (χ1n) is 14.5. The minimum absolute atomic E-state index is 0.0528. The van der Waals surface area contributed by atoms with E-state index in [2.05, 4.69) is 30.3 Å². The highest BCUT2D eigenvalue weighted by Gasteiger charge is 2.26. The number of nitrogens with one attached hydrogen (secondary N) is 2. The Morgan fingerprint density at radius 2 is 1.67 bits per heavy atom. The molecule has 2 N–H and O–H groups in total. The van der Waals surface area contributed by atoms with Gasteiger partial charge in [-0.15, -0.1) is 0 Å². The molecular formula is C32H34N8O3S2. The molecule has 0 radical (unpaired) electrons. The summed E-state index contributed by atoms with van der Waals surface area (Å²) in [6, 6.07) is 22.0. The smallest absolute Gasteiger partial charge is 0.204 e. The number of hydrogen-bond donors (Lipinski definition) is 2. The van der Waals surface area contributed by atoms with Crippen molar-refractivity contribution in [1.29, 1.82) is 0 Å². The van der Waals surface area contributed by atoms with Crippen LogP contribution in [0.4, 0.5) is 17.5 Å². The summed E-state index contributed by atoms with van der Waals surface area (Å²) in [5.74, 6) is 2.28. The summed E-state index contributed by atoms with van der Waals surface area (Å²) in [6.45, 7) is 6.03. The highest BCUT2D eigenvalue weighted by molar-refractivity contribution is 7.99. The van der Waals surface area contributed by atoms with Crippen molar-refractivity contribution in [3.63, 3.8) is 0 Å². The molecule has 1 aliphatic heterocycles. The minimum atomic E-state index is -3.49. The number of hydrogen-bond acceptors (Lipinski definition) is 11. The van der Waals surface area contributed by atoms with E-state index in [1.54, 1.807) is 31.4 Å². The van der Waals surface area contributed by atoms with E-state index in [-0.39, 0.29) is 10.6 Å². The fraction of sp³-hybridized carbons (Fsp3) is 0.250. The second-order valence-electron chi connectivity index (χ2n) is 10.7. The highest BCUT2D eigenvalue weighted by atomic mass is 32.2. The molecule has 0 unspecified atom stereocenters. The summed E-state index contributed by atoms with van der Waals surface area (Å²) in [4.78, 5) is 19.6. The van der Waals surface area contributed by atoms with Crippen LogP contribution in [-0.2, 0) is 22.1 Å². The van der Waals surface area contributed by atoms with Gasteiger partial charge in [-0.1, -0.05) is 30.3 Å². The Bertz CT molecular complexity index is 1830. The van der Waals surface area contributed by atoms with E-state index in [0.29, 0.717) is 28.4 Å². The van der Waals surface area contributed by atoms with Crippen molar-refractivity contribution < 1.29 is 13.2 Å². The second kappa shape index (κ2) is 13.7. The maximum absolute atomic E-state index is 13.0. The first kappa shape index (κ1) is 30.6. The van der Waals surface area contributed by atoms with Gasteiger partial charge in [-0.25, -0.2) is 18.4 Å². The zero-order valence-electron chi connectivity index (χ0n) is 25.1. The second-order valence-corrected chi connectivity index (χ2v) is 13.7. The third-order valence-corrected chi connectivity index (χ3v) is 9.98. The van der Waals surface area contributed by atoms with Crippen LogP contribution in [0.3, 0.4) is 0 Å². The Hall–Kier alpha value is -4.46. The van der Waals surface area contributed by atoms with Crippen LogP contribution in [0.1, 0.15) is 16.8 Å². The summed E-state index contributed by atoms with van der Waals surface area (Å²) in [5, 5.41) is 11.0. The quantitative estimate of drug-likeness (QED) is 0.187. The van der Waals surface area contributed by atoms with Crippen LogP contribution >= 0.6 is 11.8 Å². The Balaban J connectivity index is 1.24. The molecule has 45 heavy (non-hydrogen) atoms. The van der Waals surface area contributed by atoms with Crippen LogP contribution in [0.2, 0.25) is 0 Å². The molecule has 0 saturated carbocycles. The first-order valence-corrected chi connectivity index (χ1v) is 17.0. The average molecular weight is 643 g/mol. The lowest BCUT2D eigenvalue weighted by Gasteiger charge is -2.36. The van der Waals surface area contributed by atoms with Crippen molar-refractivity contribution >= 4 is 39.1 Å². The highest BCUT2D eigenvalue weighted by Crippen LogP contribution is 2.38. The molecule has 0 atom stereocenters. The first-order chi connectivity index (χ1) is 21.9. The Morgan fingerprint density at radius 3 is 2.33 bits per heavy atom. The van der Waals surface area contributed by atoms with E-state index < -0.39 is 9.84 Å². The van der Waals surface area contributed by atoms with Crippen molar-refractivity contribution in [3.8, 4) is 5.75 Å². The SMILES string of the molecule is COc1c(Nc2cc(C)[nH]n2)nc(Sc2ccc(S(=O)(=O)Cc3ccccc3)cc2)nc1N1CCN(Cc2ccncc2)CC1. The number of anilines is 3. The third kappa shape index (κ3) is 7.62. The molecule has 1 fully saturated rings. The normalized spacial score (nSPS) is 14.0. The van der Waals surface area contributed by atoms with Gasteiger partial charge in [0.1, 0.15) is 0 Å². The van der Waals surface area contributed by atoms with E-state index in [1.807, 2.05) is 67.8 Å². The lowest BCUT2D eigenvalue weighted by molar-refractivity contribution is 0.248. The van der Waals surface area contributed by atoms with Crippen molar-refractivity contribution in [2.45, 2.75) is 34.2 Å². The summed E-state index contributed by atoms with van der Waals surface area (Å²) in [6.07, 6.45) is 3.65. The zero-order valence-corrected chi connectivity index (χ0v) is 26.7. The summed E-state index contributed by atoms with van der Waals surface area (Å²) >= 11 is 1.36. The lowest BCUT2D eigenvalue weighted by atomic mass is 10.2. The van der Waals surface area contributed by atoms with Crippen LogP contribution in [-0.4, -0.2) is 71.8 Å². The molecule has 0 aliphatic carbocycles. The van der Waals surface area contributed by atoms with E-state index >= 15 is 0 Å². The van der Waals surface area contributed by atoms with Gasteiger partial charge in [0.15, 0.2) is 32.4 Å². The van der Waals surface area contributed by atoms with E-state index in [0.717, 1.165) is 48.9 Å². The molecule has 0 bridgehead atoms. The van der Waals surface area contributed by atoms with Crippen molar-refractivity contribution in [1.82, 2.24) is 30.0 Å². The number of aryl methyl sites for hydroxylation is 1. The average Bonchev–Trinajstić information content (AvgIpc) is 3.46. The Morgan fingerprint density at radius 1 is 0.933 bits per heavy atom. The summed E-state index contributed by atoms with van der Waals surface area (Å²) < 4.78 is 31.9. The molecule has 5 aromatic rings. The maximum Gasteiger partial charge on any atom is 0.204 e. The molecule has 2 aromatic carbocycles. The van der Waals surface area contributed by atoms with Gasteiger partial charge in [0.25, 0.3) is 0 Å². The van der Waals surface area contributed by atoms with Gasteiger partial charge >= 0.3 is 0 Å². The summed E-state index contributed by atoms with van der Waals surface area (Å²) in [7, 11) is -1.87. The van der Waals surface area contributed by atoms with E-state index in [9.17, 15) is 8.42 Å². The van der Waals surface area contributed by atoms with Gasteiger partial charge in [-0.2, -0.15) is 5.10 Å². The fourth-order valence-electron chi connectivity index (χ4n) is 5.12. The monoisotopic (exact) mass is 642 g/mol. The predicted molar refractivity (Wildman–Crippen MR) is 175 cm³/mol. The number of benzene rings is 2. The number of sulfone groups is 1. The number of rotatable bonds is 11. The van der Waals surface area contributed by atoms with Gasteiger partial charge in [-0.05, 0) is 66.2 Å². The number of piperazine rings is 1. The van der Waals surface area contributed by atoms with Gasteiger partial charge in [0.2, 0.25) is 5.75 Å². The van der Waals surface area contributed by atoms with E-state index in [4.69, 9.17) is 14.7 Å². The largest absolute Gasteiger partial charge is 0.490 e. The number of methoxy groups -OCH3 is 1. The van der Waals surface area contributed by atoms with Gasteiger partial charge in [0.05, 0.1) is 17.8 Å². The molecule has 0 amide bonds. The molecular weight excluding hydrogens is 609 g/mol. The molecule has 6 rings (SSSR count). The molecule has 4 heterocycles. The van der Waals surface area contributed by atoms with Gasteiger partial charge < -0.3 is 15.0 Å². The number of H-pyrrole nitrogens is 1. The molecule has 13 heteroatoms. The molecule has 232 valence electrons. The number of aromatic amines is 1. The predicted octanol–water partition coefficient (Wildman–Crippen LogP) is 5.10. The topological polar surface area (TPSA) is 129 Å². The van der Waals surface area contributed by atoms with Crippen LogP contribution in [0.15, 0.2) is 100 Å². The number of pyridine rings is 1. The molecule has 1 saturated heterocycles. The van der Waals surface area contributed by atoms with E-state index in [1.165, 1.54) is 17.3 Å². The maximum atomic E-state index is 13.0. The standard InChI is InChI=1S/C32H34N8O3S2/c1-23-20-28(38-37-23)34-30-29(43-2)31(40-18-16-39(17-19-40)21-24-12-14-33-15-13-24)36-32(35-30)44-26-8-10-27(11-9-26)45(41,42)22-25-6-4-3-5-7-25/h3-15,20H,16-19,21-22H2,1-2H3,(H2,34,35,36,37,38). The molecule has 1 aliphatic rings. The Labute approximate surface area is 267 Å². The number of ether oxygens (including phenoxy) is 1. The van der Waals surface area contributed by atoms with Crippen molar-refractivity contribution in [3.05, 3.63) is 102 Å². The number of nitrogens with zero attached hydrogens (tertiary/aromatic N) is 6. The van der Waals surface area contributed by atoms with Gasteiger partial charge in [-0.3, -0.25) is 15.0 Å². The van der Waals surface area contributed by atoms with Crippen molar-refractivity contribution in [2.24, 2.45) is 0 Å². The lowest BCUT2D eigenvalue weighted by Crippen LogP contribution is -2.46. The molecule has 0 spiro atoms. The van der Waals surface area contributed by atoms with Crippen LogP contribution < -0.4 is 15.0 Å². The molecule has 11 nitrogen and oxygen atoms in total. The number of aromatic nitrogens is 5. The van der Waals surface area contributed by atoms with Crippen LogP contribution in [0.5, 0.6) is 5.75 Å². The zero-order chi connectivity index (χ0) is 31.2. The van der Waals surface area contributed by atoms with Gasteiger partial charge in [0, 0.05) is 61.8 Å². The minimum Gasteiger partial charge on any atom is -0.490 e. The third-order valence-electron chi connectivity index (χ3n) is 7.40. The summed E-state index contributed by atoms with van der Waals surface area (Å²) in [5.41, 5.74) is 2.89. The van der Waals surface area contributed by atoms with Crippen LogP contribution in [0, 0.1) is 6.92 Å². The molecule has 3 aromatic heterocycles. The van der Waals surface area contributed by atoms with Crippen molar-refractivity contribution in [2.75, 3.05) is 43.5 Å². The fourth-order valence-corrected chi connectivity index (χ4v) is 7.22. The van der Waals surface area contributed by atoms with Crippen LogP contribution in [0.25, 0.3) is 0 Å².